The van der Waals surface area contributed by atoms with Gasteiger partial charge in [-0.15, -0.1) is 0 Å². The summed E-state index contributed by atoms with van der Waals surface area (Å²) in [5.41, 5.74) is 6.61. The first-order chi connectivity index (χ1) is 25.5. The second-order valence-corrected chi connectivity index (χ2v) is 16.7. The van der Waals surface area contributed by atoms with Crippen molar-refractivity contribution in [3.05, 3.63) is 67.6 Å². The molecular formula is C36H39BrClF5N8O3. The summed E-state index contributed by atoms with van der Waals surface area (Å²) in [5, 5.41) is 4.07. The van der Waals surface area contributed by atoms with Crippen molar-refractivity contribution in [2.75, 3.05) is 51.0 Å². The third kappa shape index (κ3) is 6.83. The van der Waals surface area contributed by atoms with E-state index in [1.54, 1.807) is 18.8 Å². The maximum absolute atomic E-state index is 14.3. The summed E-state index contributed by atoms with van der Waals surface area (Å²) < 4.78 is 84.8. The molecule has 0 bridgehead atoms. The van der Waals surface area contributed by atoms with Crippen molar-refractivity contribution in [2.45, 2.75) is 76.0 Å². The Kier molecular flexibility index (Phi) is 9.41. The van der Waals surface area contributed by atoms with Gasteiger partial charge >= 0.3 is 12.2 Å². The number of nitrogen functional groups attached to an aromatic ring is 1. The van der Waals surface area contributed by atoms with E-state index < -0.39 is 34.5 Å². The molecule has 3 fully saturated rings. The molecule has 2 N–H and O–H groups in total. The van der Waals surface area contributed by atoms with Gasteiger partial charge in [-0.3, -0.25) is 14.4 Å². The zero-order valence-electron chi connectivity index (χ0n) is 29.7. The Morgan fingerprint density at radius 3 is 2.70 bits per heavy atom. The number of amides is 1. The number of aromatic nitrogens is 4. The van der Waals surface area contributed by atoms with Crippen LogP contribution < -0.4 is 15.4 Å². The van der Waals surface area contributed by atoms with Gasteiger partial charge in [-0.25, -0.2) is 0 Å². The molecule has 5 aliphatic rings. The Morgan fingerprint density at radius 1 is 1.22 bits per heavy atom. The van der Waals surface area contributed by atoms with Gasteiger partial charge < -0.3 is 25.0 Å². The second kappa shape index (κ2) is 13.6. The molecule has 0 radical (unpaired) electrons. The van der Waals surface area contributed by atoms with Crippen LogP contribution in [0.1, 0.15) is 76.8 Å². The van der Waals surface area contributed by atoms with E-state index in [9.17, 15) is 26.7 Å². The zero-order chi connectivity index (χ0) is 38.3. The van der Waals surface area contributed by atoms with Crippen LogP contribution in [0.2, 0.25) is 5.02 Å². The van der Waals surface area contributed by atoms with Crippen molar-refractivity contribution < 1.29 is 36.2 Å². The third-order valence-corrected chi connectivity index (χ3v) is 12.6. The maximum Gasteiger partial charge on any atom is 0.418 e. The molecule has 290 valence electrons. The number of nitrogens with zero attached hydrogens (tertiary/aromatic N) is 7. The molecule has 11 nitrogen and oxygen atoms in total. The Bertz CT molecular complexity index is 2040. The fourth-order valence-corrected chi connectivity index (χ4v) is 9.83. The van der Waals surface area contributed by atoms with Crippen molar-refractivity contribution in [2.24, 2.45) is 11.3 Å². The molecule has 3 aromatic rings. The predicted molar refractivity (Wildman–Crippen MR) is 192 cm³/mol. The molecule has 3 atom stereocenters. The van der Waals surface area contributed by atoms with Crippen LogP contribution in [-0.4, -0.2) is 81.3 Å². The van der Waals surface area contributed by atoms with Gasteiger partial charge in [-0.2, -0.15) is 37.0 Å². The van der Waals surface area contributed by atoms with Gasteiger partial charge in [0.25, 0.3) is 12.0 Å². The number of ether oxygens (including phenoxy) is 2. The van der Waals surface area contributed by atoms with Gasteiger partial charge in [-0.1, -0.05) is 11.6 Å². The summed E-state index contributed by atoms with van der Waals surface area (Å²) >= 11 is 9.73. The first kappa shape index (κ1) is 37.4. The van der Waals surface area contributed by atoms with E-state index in [1.807, 2.05) is 4.90 Å². The number of anilines is 2. The minimum Gasteiger partial charge on any atom is -0.461 e. The largest absolute Gasteiger partial charge is 0.461 e. The highest BCUT2D eigenvalue weighted by Crippen LogP contribution is 2.61. The number of halogens is 7. The quantitative estimate of drug-likeness (QED) is 0.198. The molecule has 1 aromatic carbocycles. The normalized spacial score (nSPS) is 24.5. The van der Waals surface area contributed by atoms with Crippen molar-refractivity contribution in [1.82, 2.24) is 29.5 Å². The van der Waals surface area contributed by atoms with Crippen LogP contribution in [0.5, 0.6) is 6.01 Å². The van der Waals surface area contributed by atoms with Crippen molar-refractivity contribution in [1.29, 1.82) is 0 Å². The molecule has 2 saturated heterocycles. The standard InChI is InChI=1S/C36H39BrClF5N8O3/c1-48(2)32(52)30-29(37)25-14-49(6-3-7-51(25)47-30)31-22-15-53-26(21-9-20(44)10-23(38)28(21)36(41,42)43)11-24(22)45-33(46-31)54-18-35-12-19(8-27(39)40)13-50(35)17-34(16-35)4-5-34/h8-10,19,26H,3-7,11-18,44H2,1-2H3/t19-,26?,35-/m0/s1. The van der Waals surface area contributed by atoms with E-state index in [0.717, 1.165) is 43.6 Å². The van der Waals surface area contributed by atoms with Crippen LogP contribution in [0.4, 0.5) is 33.5 Å². The molecule has 8 rings (SSSR count). The number of rotatable bonds is 7. The molecule has 54 heavy (non-hydrogen) atoms. The van der Waals surface area contributed by atoms with Crippen LogP contribution >= 0.6 is 27.5 Å². The Labute approximate surface area is 321 Å². The van der Waals surface area contributed by atoms with E-state index in [1.165, 1.54) is 11.0 Å². The van der Waals surface area contributed by atoms with Gasteiger partial charge in [0.15, 0.2) is 5.69 Å². The minimum absolute atomic E-state index is 0.0353. The molecule has 6 heterocycles. The lowest BCUT2D eigenvalue weighted by Crippen LogP contribution is -2.43. The summed E-state index contributed by atoms with van der Waals surface area (Å²) in [4.78, 5) is 28.4. The molecule has 2 aromatic heterocycles. The minimum atomic E-state index is -4.77. The second-order valence-electron chi connectivity index (χ2n) is 15.5. The predicted octanol–water partition coefficient (Wildman–Crippen LogP) is 7.02. The lowest BCUT2D eigenvalue weighted by atomic mass is 9.86. The Hall–Kier alpha value is -3.54. The zero-order valence-corrected chi connectivity index (χ0v) is 32.0. The van der Waals surface area contributed by atoms with Crippen molar-refractivity contribution in [3.8, 4) is 6.01 Å². The highest BCUT2D eigenvalue weighted by atomic mass is 79.9. The average molecular weight is 842 g/mol. The van der Waals surface area contributed by atoms with E-state index >= 15 is 0 Å². The van der Waals surface area contributed by atoms with Crippen molar-refractivity contribution in [3.63, 3.8) is 0 Å². The SMILES string of the molecule is CN(C)C(=O)c1nn2c(c1Br)CN(c1nc(OC[C@@]34C[C@H](C=C(F)F)CN3CC3(CC3)C4)nc3c1COC(c1cc(N)cc(Cl)c1C(F)(F)F)C3)CCC2. The molecule has 1 amide bonds. The number of alkyl halides is 3. The molecule has 1 aliphatic carbocycles. The number of carbonyl (C=O) groups excluding carboxylic acids is 1. The fourth-order valence-electron chi connectivity index (χ4n) is 8.91. The van der Waals surface area contributed by atoms with E-state index in [2.05, 4.69) is 25.9 Å². The molecule has 1 saturated carbocycles. The summed E-state index contributed by atoms with van der Waals surface area (Å²) in [7, 11) is 3.30. The lowest BCUT2D eigenvalue weighted by molar-refractivity contribution is -0.139. The van der Waals surface area contributed by atoms with Crippen molar-refractivity contribution >= 4 is 44.9 Å². The summed E-state index contributed by atoms with van der Waals surface area (Å²) in [5.74, 6) is -0.0795. The van der Waals surface area contributed by atoms with Gasteiger partial charge in [0.2, 0.25) is 0 Å². The fraction of sp³-hybridized carbons (Fsp3) is 0.556. The first-order valence-corrected chi connectivity index (χ1v) is 19.0. The number of hydrogen-bond donors (Lipinski definition) is 1. The summed E-state index contributed by atoms with van der Waals surface area (Å²) in [6.07, 6.45) is -2.43. The molecule has 1 spiro atoms. The lowest BCUT2D eigenvalue weighted by Gasteiger charge is -2.33. The average Bonchev–Trinajstić information content (AvgIpc) is 3.63. The third-order valence-electron chi connectivity index (χ3n) is 11.5. The van der Waals surface area contributed by atoms with Crippen LogP contribution in [-0.2, 0) is 37.0 Å². The summed E-state index contributed by atoms with van der Waals surface area (Å²) in [6, 6.07) is 2.34. The smallest absolute Gasteiger partial charge is 0.418 e. The van der Waals surface area contributed by atoms with E-state index in [4.69, 9.17) is 36.8 Å². The monoisotopic (exact) mass is 840 g/mol. The van der Waals surface area contributed by atoms with Gasteiger partial charge in [0, 0.05) is 57.9 Å². The molecule has 4 aliphatic heterocycles. The number of benzene rings is 1. The first-order valence-electron chi connectivity index (χ1n) is 17.8. The van der Waals surface area contributed by atoms with Gasteiger partial charge in [0.05, 0.1) is 51.2 Å². The highest BCUT2D eigenvalue weighted by molar-refractivity contribution is 9.10. The number of nitrogens with two attached hydrogens (primary N) is 1. The maximum atomic E-state index is 14.3. The highest BCUT2D eigenvalue weighted by Gasteiger charge is 2.62. The Morgan fingerprint density at radius 2 is 2.00 bits per heavy atom. The van der Waals surface area contributed by atoms with Gasteiger partial charge in [-0.05, 0) is 83.1 Å². The molecule has 1 unspecified atom stereocenters. The number of fused-ring (bicyclic) bond motifs is 3. The number of hydrogen-bond acceptors (Lipinski definition) is 9. The van der Waals surface area contributed by atoms with Crippen LogP contribution in [0.25, 0.3) is 0 Å². The topological polar surface area (TPSA) is 115 Å². The molecular weight excluding hydrogens is 803 g/mol. The van der Waals surface area contributed by atoms with E-state index in [0.29, 0.717) is 60.6 Å². The number of carbonyl (C=O) groups is 1. The van der Waals surface area contributed by atoms with E-state index in [-0.39, 0.29) is 59.8 Å². The van der Waals surface area contributed by atoms with Gasteiger partial charge in [0.1, 0.15) is 12.4 Å². The Balaban J connectivity index is 1.16. The van der Waals surface area contributed by atoms with Crippen LogP contribution in [0.15, 0.2) is 28.8 Å². The molecule has 18 heteroatoms. The summed E-state index contributed by atoms with van der Waals surface area (Å²) in [6.45, 7) is 2.76. The van der Waals surface area contributed by atoms with Crippen LogP contribution in [0.3, 0.4) is 0 Å². The van der Waals surface area contributed by atoms with Crippen LogP contribution in [0, 0.1) is 11.3 Å². The number of aryl methyl sites for hydroxylation is 1.